The van der Waals surface area contributed by atoms with Gasteiger partial charge in [-0.3, -0.25) is 10.1 Å². The van der Waals surface area contributed by atoms with Crippen molar-refractivity contribution in [1.29, 1.82) is 0 Å². The van der Waals surface area contributed by atoms with Gasteiger partial charge in [0.2, 0.25) is 5.13 Å². The highest BCUT2D eigenvalue weighted by molar-refractivity contribution is 7.15. The highest BCUT2D eigenvalue weighted by Gasteiger charge is 2.10. The Hall–Kier alpha value is -1.69. The summed E-state index contributed by atoms with van der Waals surface area (Å²) in [5, 5.41) is 11.8. The first-order valence-electron chi connectivity index (χ1n) is 4.45. The Morgan fingerprint density at radius 1 is 1.60 bits per heavy atom. The van der Waals surface area contributed by atoms with Crippen LogP contribution in [-0.4, -0.2) is 16.1 Å². The van der Waals surface area contributed by atoms with Gasteiger partial charge < -0.3 is 4.42 Å². The van der Waals surface area contributed by atoms with E-state index in [1.807, 2.05) is 6.92 Å². The number of aromatic nitrogens is 2. The van der Waals surface area contributed by atoms with Crippen molar-refractivity contribution < 1.29 is 9.21 Å². The van der Waals surface area contributed by atoms with E-state index in [1.165, 1.54) is 23.9 Å². The molecule has 2 rings (SSSR count). The lowest BCUT2D eigenvalue weighted by atomic mass is 10.3. The molecule has 0 aliphatic rings. The largest absolute Gasteiger partial charge is 0.472 e. The van der Waals surface area contributed by atoms with Crippen molar-refractivity contribution in [2.24, 2.45) is 0 Å². The lowest BCUT2D eigenvalue weighted by molar-refractivity contribution is 0.102. The molecule has 2 aromatic heterocycles. The minimum Gasteiger partial charge on any atom is -0.472 e. The first-order chi connectivity index (χ1) is 7.29. The molecule has 2 heterocycles. The van der Waals surface area contributed by atoms with Crippen molar-refractivity contribution in [1.82, 2.24) is 10.2 Å². The molecule has 1 N–H and O–H groups in total. The molecule has 0 bridgehead atoms. The first-order valence-corrected chi connectivity index (χ1v) is 5.27. The molecule has 78 valence electrons. The number of carbonyl (C=O) groups is 1. The van der Waals surface area contributed by atoms with E-state index in [0.29, 0.717) is 10.7 Å². The van der Waals surface area contributed by atoms with E-state index in [2.05, 4.69) is 15.5 Å². The molecule has 0 unspecified atom stereocenters. The SMILES string of the molecule is CCc1nnc(NC(=O)c2ccoc2)s1. The molecule has 0 aromatic carbocycles. The molecule has 5 nitrogen and oxygen atoms in total. The Morgan fingerprint density at radius 2 is 2.47 bits per heavy atom. The normalized spacial score (nSPS) is 10.2. The van der Waals surface area contributed by atoms with Crippen molar-refractivity contribution in [2.45, 2.75) is 13.3 Å². The molecule has 1 amide bonds. The molecule has 15 heavy (non-hydrogen) atoms. The van der Waals surface area contributed by atoms with Crippen LogP contribution in [-0.2, 0) is 6.42 Å². The van der Waals surface area contributed by atoms with Gasteiger partial charge in [-0.25, -0.2) is 0 Å². The number of hydrogen-bond acceptors (Lipinski definition) is 5. The molecule has 0 saturated heterocycles. The summed E-state index contributed by atoms with van der Waals surface area (Å²) in [7, 11) is 0. The fourth-order valence-corrected chi connectivity index (χ4v) is 1.68. The van der Waals surface area contributed by atoms with Crippen LogP contribution in [0.2, 0.25) is 0 Å². The van der Waals surface area contributed by atoms with Gasteiger partial charge in [0.1, 0.15) is 11.3 Å². The molecule has 0 saturated carbocycles. The average molecular weight is 223 g/mol. The summed E-state index contributed by atoms with van der Waals surface area (Å²) in [5.41, 5.74) is 0.475. The lowest BCUT2D eigenvalue weighted by Crippen LogP contribution is -2.10. The number of amides is 1. The van der Waals surface area contributed by atoms with Crippen LogP contribution in [0.5, 0.6) is 0 Å². The van der Waals surface area contributed by atoms with Gasteiger partial charge in [-0.15, -0.1) is 10.2 Å². The minimum atomic E-state index is -0.234. The van der Waals surface area contributed by atoms with Gasteiger partial charge in [0.05, 0.1) is 11.8 Å². The number of anilines is 1. The van der Waals surface area contributed by atoms with E-state index in [4.69, 9.17) is 4.42 Å². The van der Waals surface area contributed by atoms with E-state index in [-0.39, 0.29) is 5.91 Å². The second-order valence-corrected chi connectivity index (χ2v) is 3.88. The second-order valence-electron chi connectivity index (χ2n) is 2.82. The Kier molecular flexibility index (Phi) is 2.77. The third-order valence-electron chi connectivity index (χ3n) is 1.77. The number of nitrogens with one attached hydrogen (secondary N) is 1. The zero-order valence-corrected chi connectivity index (χ0v) is 8.87. The number of hydrogen-bond donors (Lipinski definition) is 1. The summed E-state index contributed by atoms with van der Waals surface area (Å²) in [6.45, 7) is 1.99. The fourth-order valence-electron chi connectivity index (χ4n) is 1.01. The highest BCUT2D eigenvalue weighted by Crippen LogP contribution is 2.16. The summed E-state index contributed by atoms with van der Waals surface area (Å²) in [4.78, 5) is 11.5. The van der Waals surface area contributed by atoms with Gasteiger partial charge in [0.25, 0.3) is 5.91 Å². The topological polar surface area (TPSA) is 68.0 Å². The predicted molar refractivity (Wildman–Crippen MR) is 55.9 cm³/mol. The van der Waals surface area contributed by atoms with Crippen molar-refractivity contribution >= 4 is 22.4 Å². The van der Waals surface area contributed by atoms with Crippen LogP contribution in [0.3, 0.4) is 0 Å². The van der Waals surface area contributed by atoms with E-state index in [1.54, 1.807) is 6.07 Å². The maximum absolute atomic E-state index is 11.5. The molecule has 0 radical (unpaired) electrons. The summed E-state index contributed by atoms with van der Waals surface area (Å²) >= 11 is 1.37. The maximum Gasteiger partial charge on any atom is 0.260 e. The highest BCUT2D eigenvalue weighted by atomic mass is 32.1. The number of aryl methyl sites for hydroxylation is 1. The predicted octanol–water partition coefficient (Wildman–Crippen LogP) is 1.95. The molecule has 0 aliphatic carbocycles. The molecule has 0 atom stereocenters. The standard InChI is InChI=1S/C9H9N3O2S/c1-2-7-11-12-9(15-7)10-8(13)6-3-4-14-5-6/h3-5H,2H2,1H3,(H,10,12,13). The van der Waals surface area contributed by atoms with Crippen LogP contribution in [0, 0.1) is 0 Å². The molecule has 0 fully saturated rings. The van der Waals surface area contributed by atoms with Crippen molar-refractivity contribution in [3.05, 3.63) is 29.2 Å². The van der Waals surface area contributed by atoms with Gasteiger partial charge >= 0.3 is 0 Å². The van der Waals surface area contributed by atoms with Crippen LogP contribution in [0.15, 0.2) is 23.0 Å². The second kappa shape index (κ2) is 4.22. The van der Waals surface area contributed by atoms with Gasteiger partial charge in [-0.05, 0) is 12.5 Å². The van der Waals surface area contributed by atoms with Gasteiger partial charge in [-0.1, -0.05) is 18.3 Å². The van der Waals surface area contributed by atoms with Crippen LogP contribution >= 0.6 is 11.3 Å². The first kappa shape index (κ1) is 9.85. The van der Waals surface area contributed by atoms with Crippen LogP contribution < -0.4 is 5.32 Å². The summed E-state index contributed by atoms with van der Waals surface area (Å²) in [6.07, 6.45) is 3.66. The van der Waals surface area contributed by atoms with E-state index in [9.17, 15) is 4.79 Å². The zero-order chi connectivity index (χ0) is 10.7. The number of rotatable bonds is 3. The smallest absolute Gasteiger partial charge is 0.260 e. The zero-order valence-electron chi connectivity index (χ0n) is 8.06. The monoisotopic (exact) mass is 223 g/mol. The number of furan rings is 1. The Labute approximate surface area is 90.1 Å². The third-order valence-corrected chi connectivity index (χ3v) is 2.76. The summed E-state index contributed by atoms with van der Waals surface area (Å²) in [5.74, 6) is -0.234. The maximum atomic E-state index is 11.5. The van der Waals surface area contributed by atoms with E-state index >= 15 is 0 Å². The van der Waals surface area contributed by atoms with Crippen LogP contribution in [0.4, 0.5) is 5.13 Å². The van der Waals surface area contributed by atoms with Crippen LogP contribution in [0.25, 0.3) is 0 Å². The molecule has 6 heteroatoms. The minimum absolute atomic E-state index is 0.234. The molecule has 0 spiro atoms. The molecular formula is C9H9N3O2S. The van der Waals surface area contributed by atoms with E-state index < -0.39 is 0 Å². The van der Waals surface area contributed by atoms with E-state index in [0.717, 1.165) is 11.4 Å². The molecular weight excluding hydrogens is 214 g/mol. The van der Waals surface area contributed by atoms with Gasteiger partial charge in [-0.2, -0.15) is 0 Å². The molecule has 0 aliphatic heterocycles. The fraction of sp³-hybridized carbons (Fsp3) is 0.222. The summed E-state index contributed by atoms with van der Waals surface area (Å²) in [6, 6.07) is 1.59. The van der Waals surface area contributed by atoms with Crippen molar-refractivity contribution in [2.75, 3.05) is 5.32 Å². The van der Waals surface area contributed by atoms with Crippen molar-refractivity contribution in [3.63, 3.8) is 0 Å². The average Bonchev–Trinajstić information content (AvgIpc) is 2.87. The number of nitrogens with zero attached hydrogens (tertiary/aromatic N) is 2. The van der Waals surface area contributed by atoms with Crippen LogP contribution in [0.1, 0.15) is 22.3 Å². The lowest BCUT2D eigenvalue weighted by Gasteiger charge is -1.95. The van der Waals surface area contributed by atoms with Gasteiger partial charge in [0.15, 0.2) is 0 Å². The quantitative estimate of drug-likeness (QED) is 0.863. The third kappa shape index (κ3) is 2.21. The Bertz CT molecular complexity index is 450. The Morgan fingerprint density at radius 3 is 3.07 bits per heavy atom. The number of carbonyl (C=O) groups excluding carboxylic acids is 1. The summed E-state index contributed by atoms with van der Waals surface area (Å²) < 4.78 is 4.81. The van der Waals surface area contributed by atoms with Crippen molar-refractivity contribution in [3.8, 4) is 0 Å². The molecule has 2 aromatic rings. The van der Waals surface area contributed by atoms with Gasteiger partial charge in [0, 0.05) is 0 Å². The Balaban J connectivity index is 2.06.